The third-order valence-electron chi connectivity index (χ3n) is 4.94. The van der Waals surface area contributed by atoms with Gasteiger partial charge in [0.1, 0.15) is 5.75 Å². The molecule has 1 saturated heterocycles. The van der Waals surface area contributed by atoms with E-state index in [4.69, 9.17) is 16.3 Å². The summed E-state index contributed by atoms with van der Waals surface area (Å²) in [6.07, 6.45) is 0.870. The van der Waals surface area contributed by atoms with E-state index in [1.807, 2.05) is 24.3 Å². The zero-order valence-electron chi connectivity index (χ0n) is 16.6. The summed E-state index contributed by atoms with van der Waals surface area (Å²) in [4.78, 5) is 28.6. The minimum Gasteiger partial charge on any atom is -0.484 e. The molecule has 2 aromatic carbocycles. The number of anilines is 1. The van der Waals surface area contributed by atoms with E-state index >= 15 is 0 Å². The van der Waals surface area contributed by atoms with E-state index in [9.17, 15) is 9.59 Å². The first-order valence-corrected chi connectivity index (χ1v) is 10.2. The van der Waals surface area contributed by atoms with Gasteiger partial charge in [0.05, 0.1) is 6.54 Å². The molecule has 29 heavy (non-hydrogen) atoms. The molecule has 0 unspecified atom stereocenters. The van der Waals surface area contributed by atoms with Gasteiger partial charge in [0.15, 0.2) is 6.61 Å². The molecule has 1 heterocycles. The van der Waals surface area contributed by atoms with Gasteiger partial charge in [0, 0.05) is 36.9 Å². The SMILES string of the molecule is CCc1ccccc1NC(=O)CN1CCN(C(=O)COc2ccc(Cl)cc2)CC1. The zero-order chi connectivity index (χ0) is 20.6. The Hall–Kier alpha value is -2.57. The second-order valence-electron chi connectivity index (χ2n) is 6.96. The van der Waals surface area contributed by atoms with Gasteiger partial charge in [0.2, 0.25) is 5.91 Å². The molecule has 154 valence electrons. The Labute approximate surface area is 176 Å². The zero-order valence-corrected chi connectivity index (χ0v) is 17.3. The van der Waals surface area contributed by atoms with Crippen molar-refractivity contribution in [2.45, 2.75) is 13.3 Å². The third kappa shape index (κ3) is 6.21. The van der Waals surface area contributed by atoms with E-state index in [0.717, 1.165) is 17.7 Å². The number of nitrogens with zero attached hydrogens (tertiary/aromatic N) is 2. The normalized spacial score (nSPS) is 14.5. The van der Waals surface area contributed by atoms with Crippen molar-refractivity contribution >= 4 is 29.1 Å². The topological polar surface area (TPSA) is 61.9 Å². The van der Waals surface area contributed by atoms with Crippen LogP contribution in [0.25, 0.3) is 0 Å². The molecule has 0 bridgehead atoms. The lowest BCUT2D eigenvalue weighted by atomic mass is 10.1. The van der Waals surface area contributed by atoms with Crippen LogP contribution in [0.4, 0.5) is 5.69 Å². The van der Waals surface area contributed by atoms with E-state index in [-0.39, 0.29) is 18.4 Å². The van der Waals surface area contributed by atoms with Crippen LogP contribution in [0.15, 0.2) is 48.5 Å². The van der Waals surface area contributed by atoms with Crippen LogP contribution in [0.5, 0.6) is 5.75 Å². The molecule has 3 rings (SSSR count). The van der Waals surface area contributed by atoms with Gasteiger partial charge in [-0.15, -0.1) is 0 Å². The number of ether oxygens (including phenoxy) is 1. The quantitative estimate of drug-likeness (QED) is 0.755. The largest absolute Gasteiger partial charge is 0.484 e. The monoisotopic (exact) mass is 415 g/mol. The fourth-order valence-electron chi connectivity index (χ4n) is 3.27. The number of carbonyl (C=O) groups excluding carboxylic acids is 2. The van der Waals surface area contributed by atoms with Gasteiger partial charge in [-0.3, -0.25) is 14.5 Å². The van der Waals surface area contributed by atoms with Crippen LogP contribution in [0, 0.1) is 0 Å². The molecule has 0 spiro atoms. The van der Waals surface area contributed by atoms with Crippen molar-refractivity contribution in [1.29, 1.82) is 0 Å². The smallest absolute Gasteiger partial charge is 0.260 e. The first-order chi connectivity index (χ1) is 14.0. The van der Waals surface area contributed by atoms with Gasteiger partial charge in [0.25, 0.3) is 5.91 Å². The number of rotatable bonds is 7. The van der Waals surface area contributed by atoms with E-state index in [0.29, 0.717) is 43.5 Å². The lowest BCUT2D eigenvalue weighted by Gasteiger charge is -2.34. The fourth-order valence-corrected chi connectivity index (χ4v) is 3.39. The Morgan fingerprint density at radius 2 is 1.72 bits per heavy atom. The number of hydrogen-bond donors (Lipinski definition) is 1. The van der Waals surface area contributed by atoms with Crippen molar-refractivity contribution in [2.75, 3.05) is 44.6 Å². The maximum absolute atomic E-state index is 12.4. The Kier molecular flexibility index (Phi) is 7.49. The van der Waals surface area contributed by atoms with Crippen LogP contribution in [-0.2, 0) is 16.0 Å². The molecule has 0 saturated carbocycles. The Balaban J connectivity index is 1.41. The Morgan fingerprint density at radius 3 is 2.41 bits per heavy atom. The number of carbonyl (C=O) groups is 2. The highest BCUT2D eigenvalue weighted by molar-refractivity contribution is 6.30. The molecule has 6 nitrogen and oxygen atoms in total. The van der Waals surface area contributed by atoms with Crippen LogP contribution in [-0.4, -0.2) is 60.9 Å². The number of benzene rings is 2. The fraction of sp³-hybridized carbons (Fsp3) is 0.364. The van der Waals surface area contributed by atoms with Gasteiger partial charge in [-0.1, -0.05) is 36.7 Å². The number of piperazine rings is 1. The number of nitrogens with one attached hydrogen (secondary N) is 1. The maximum Gasteiger partial charge on any atom is 0.260 e. The minimum atomic E-state index is -0.0547. The van der Waals surface area contributed by atoms with E-state index in [2.05, 4.69) is 17.1 Å². The molecule has 2 aromatic rings. The molecule has 1 aliphatic heterocycles. The van der Waals surface area contributed by atoms with Crippen LogP contribution in [0.3, 0.4) is 0 Å². The summed E-state index contributed by atoms with van der Waals surface area (Å²) < 4.78 is 5.53. The lowest BCUT2D eigenvalue weighted by molar-refractivity contribution is -0.135. The minimum absolute atomic E-state index is 0.00405. The summed E-state index contributed by atoms with van der Waals surface area (Å²) in [6, 6.07) is 14.8. The van der Waals surface area contributed by atoms with Crippen molar-refractivity contribution in [2.24, 2.45) is 0 Å². The van der Waals surface area contributed by atoms with Gasteiger partial charge in [-0.2, -0.15) is 0 Å². The number of aryl methyl sites for hydroxylation is 1. The predicted octanol–water partition coefficient (Wildman–Crippen LogP) is 3.06. The van der Waals surface area contributed by atoms with Crippen molar-refractivity contribution < 1.29 is 14.3 Å². The number of para-hydroxylation sites is 1. The number of hydrogen-bond acceptors (Lipinski definition) is 4. The Morgan fingerprint density at radius 1 is 1.03 bits per heavy atom. The van der Waals surface area contributed by atoms with Gasteiger partial charge in [-0.25, -0.2) is 0 Å². The van der Waals surface area contributed by atoms with Crippen LogP contribution >= 0.6 is 11.6 Å². The highest BCUT2D eigenvalue weighted by Gasteiger charge is 2.23. The summed E-state index contributed by atoms with van der Waals surface area (Å²) in [5.74, 6) is 0.531. The molecule has 2 amide bonds. The number of amides is 2. The van der Waals surface area contributed by atoms with Crippen LogP contribution in [0.2, 0.25) is 5.02 Å². The Bertz CT molecular complexity index is 833. The highest BCUT2D eigenvalue weighted by atomic mass is 35.5. The van der Waals surface area contributed by atoms with Crippen molar-refractivity contribution in [3.63, 3.8) is 0 Å². The molecule has 7 heteroatoms. The van der Waals surface area contributed by atoms with Crippen molar-refractivity contribution in [1.82, 2.24) is 9.80 Å². The highest BCUT2D eigenvalue weighted by Crippen LogP contribution is 2.16. The van der Waals surface area contributed by atoms with Crippen LogP contribution < -0.4 is 10.1 Å². The van der Waals surface area contributed by atoms with E-state index in [1.165, 1.54) is 0 Å². The van der Waals surface area contributed by atoms with Crippen molar-refractivity contribution in [3.05, 3.63) is 59.1 Å². The van der Waals surface area contributed by atoms with Gasteiger partial charge >= 0.3 is 0 Å². The first-order valence-electron chi connectivity index (χ1n) is 9.81. The van der Waals surface area contributed by atoms with Gasteiger partial charge in [-0.05, 0) is 42.3 Å². The maximum atomic E-state index is 12.4. The van der Waals surface area contributed by atoms with Crippen LogP contribution in [0.1, 0.15) is 12.5 Å². The molecule has 0 aromatic heterocycles. The molecule has 0 aliphatic carbocycles. The number of halogens is 1. The summed E-state index contributed by atoms with van der Waals surface area (Å²) in [5.41, 5.74) is 1.99. The summed E-state index contributed by atoms with van der Waals surface area (Å²) in [7, 11) is 0. The molecule has 1 aliphatic rings. The summed E-state index contributed by atoms with van der Waals surface area (Å²) in [5, 5.41) is 3.62. The molecular formula is C22H26ClN3O3. The van der Waals surface area contributed by atoms with E-state index < -0.39 is 0 Å². The second-order valence-corrected chi connectivity index (χ2v) is 7.39. The van der Waals surface area contributed by atoms with Crippen molar-refractivity contribution in [3.8, 4) is 5.75 Å². The third-order valence-corrected chi connectivity index (χ3v) is 5.19. The standard InChI is InChI=1S/C22H26ClN3O3/c1-2-17-5-3-4-6-20(17)24-21(27)15-25-11-13-26(14-12-25)22(28)16-29-19-9-7-18(23)8-10-19/h3-10H,2,11-16H2,1H3,(H,24,27). The second kappa shape index (κ2) is 10.3. The summed E-state index contributed by atoms with van der Waals surface area (Å²) in [6.45, 7) is 4.88. The molecule has 0 atom stereocenters. The first kappa shape index (κ1) is 21.1. The van der Waals surface area contributed by atoms with E-state index in [1.54, 1.807) is 29.2 Å². The molecular weight excluding hydrogens is 390 g/mol. The summed E-state index contributed by atoms with van der Waals surface area (Å²) >= 11 is 5.84. The molecule has 1 N–H and O–H groups in total. The molecule has 1 fully saturated rings. The average molecular weight is 416 g/mol. The van der Waals surface area contributed by atoms with Gasteiger partial charge < -0.3 is 15.0 Å². The predicted molar refractivity (Wildman–Crippen MR) is 114 cm³/mol. The lowest BCUT2D eigenvalue weighted by Crippen LogP contribution is -2.51. The average Bonchev–Trinajstić information content (AvgIpc) is 2.74. The molecule has 0 radical (unpaired) electrons.